The molecule has 2 heterocycles. The van der Waals surface area contributed by atoms with Crippen molar-refractivity contribution in [1.82, 2.24) is 14.4 Å². The van der Waals surface area contributed by atoms with E-state index in [0.717, 1.165) is 28.4 Å². The minimum Gasteiger partial charge on any atom is -0.497 e. The van der Waals surface area contributed by atoms with Gasteiger partial charge in [-0.2, -0.15) is 0 Å². The van der Waals surface area contributed by atoms with Crippen molar-refractivity contribution < 1.29 is 18.7 Å². The van der Waals surface area contributed by atoms with Crippen molar-refractivity contribution in [3.05, 3.63) is 107 Å². The summed E-state index contributed by atoms with van der Waals surface area (Å²) >= 11 is 6.13. The molecular weight excluding hydrogens is 505 g/mol. The molecule has 6 nitrogen and oxygen atoms in total. The monoisotopic (exact) mass is 531 g/mol. The Kier molecular flexibility index (Phi) is 7.20. The van der Waals surface area contributed by atoms with Crippen molar-refractivity contribution in [3.8, 4) is 22.7 Å². The Hall–Kier alpha value is -4.10. The number of methoxy groups -OCH3 is 1. The first-order valence-electron chi connectivity index (χ1n) is 12.3. The van der Waals surface area contributed by atoms with E-state index < -0.39 is 0 Å². The van der Waals surface area contributed by atoms with Crippen molar-refractivity contribution in [3.63, 3.8) is 0 Å². The van der Waals surface area contributed by atoms with E-state index in [1.165, 1.54) is 24.3 Å². The van der Waals surface area contributed by atoms with Crippen LogP contribution in [0.15, 0.2) is 78.9 Å². The molecule has 1 aliphatic heterocycles. The van der Waals surface area contributed by atoms with Gasteiger partial charge in [0.1, 0.15) is 11.6 Å². The molecule has 0 unspecified atom stereocenters. The number of piperazine rings is 1. The van der Waals surface area contributed by atoms with Gasteiger partial charge in [0.25, 0.3) is 11.8 Å². The molecule has 2 amide bonds. The highest BCUT2D eigenvalue weighted by Crippen LogP contribution is 2.32. The predicted molar refractivity (Wildman–Crippen MR) is 146 cm³/mol. The third kappa shape index (κ3) is 5.02. The Morgan fingerprint density at radius 3 is 1.97 bits per heavy atom. The maximum Gasteiger partial charge on any atom is 0.255 e. The van der Waals surface area contributed by atoms with E-state index in [1.807, 2.05) is 61.5 Å². The highest BCUT2D eigenvalue weighted by Gasteiger charge is 2.28. The van der Waals surface area contributed by atoms with Crippen LogP contribution in [0.3, 0.4) is 0 Å². The lowest BCUT2D eigenvalue weighted by Crippen LogP contribution is -2.50. The molecule has 3 aromatic carbocycles. The molecule has 38 heavy (non-hydrogen) atoms. The highest BCUT2D eigenvalue weighted by atomic mass is 35.5. The summed E-state index contributed by atoms with van der Waals surface area (Å²) in [6.07, 6.45) is 0. The van der Waals surface area contributed by atoms with Gasteiger partial charge in [-0.25, -0.2) is 4.39 Å². The average molecular weight is 532 g/mol. The first-order chi connectivity index (χ1) is 18.4. The third-order valence-electron chi connectivity index (χ3n) is 6.89. The predicted octanol–water partition coefficient (Wildman–Crippen LogP) is 5.85. The summed E-state index contributed by atoms with van der Waals surface area (Å²) in [6.45, 7) is 3.57. The van der Waals surface area contributed by atoms with Crippen LogP contribution in [0.4, 0.5) is 4.39 Å². The summed E-state index contributed by atoms with van der Waals surface area (Å²) < 4.78 is 20.6. The lowest BCUT2D eigenvalue weighted by Gasteiger charge is -2.34. The standard InChI is InChI=1S/C30H27ClFN3O3/c1-20-27(30(37)34-17-15-33(16-18-34)29(36)22-5-9-24(32)10-6-22)19-28(21-3-7-23(31)8-4-21)35(20)25-11-13-26(38-2)14-12-25/h3-14,19H,15-18H2,1-2H3. The number of carbonyl (C=O) groups excluding carboxylic acids is 2. The van der Waals surface area contributed by atoms with Gasteiger partial charge in [0.15, 0.2) is 0 Å². The number of nitrogens with zero attached hydrogens (tertiary/aromatic N) is 3. The van der Waals surface area contributed by atoms with E-state index in [-0.39, 0.29) is 17.6 Å². The second kappa shape index (κ2) is 10.7. The third-order valence-corrected chi connectivity index (χ3v) is 7.15. The largest absolute Gasteiger partial charge is 0.497 e. The quantitative estimate of drug-likeness (QED) is 0.324. The van der Waals surface area contributed by atoms with Gasteiger partial charge >= 0.3 is 0 Å². The average Bonchev–Trinajstić information content (AvgIpc) is 3.30. The van der Waals surface area contributed by atoms with Crippen molar-refractivity contribution >= 4 is 23.4 Å². The second-order valence-electron chi connectivity index (χ2n) is 9.16. The van der Waals surface area contributed by atoms with Gasteiger partial charge in [-0.3, -0.25) is 9.59 Å². The summed E-state index contributed by atoms with van der Waals surface area (Å²) in [5.74, 6) is 0.116. The van der Waals surface area contributed by atoms with Crippen molar-refractivity contribution in [1.29, 1.82) is 0 Å². The Balaban J connectivity index is 1.41. The summed E-state index contributed by atoms with van der Waals surface area (Å²) in [6, 6.07) is 22.7. The van der Waals surface area contributed by atoms with E-state index >= 15 is 0 Å². The molecule has 0 bridgehead atoms. The van der Waals surface area contributed by atoms with E-state index in [4.69, 9.17) is 16.3 Å². The number of carbonyl (C=O) groups is 2. The van der Waals surface area contributed by atoms with Crippen LogP contribution >= 0.6 is 11.6 Å². The fourth-order valence-electron chi connectivity index (χ4n) is 4.78. The van der Waals surface area contributed by atoms with Gasteiger partial charge in [-0.15, -0.1) is 0 Å². The zero-order valence-corrected chi connectivity index (χ0v) is 21.9. The van der Waals surface area contributed by atoms with Crippen molar-refractivity contribution in [2.24, 2.45) is 0 Å². The first kappa shape index (κ1) is 25.5. The van der Waals surface area contributed by atoms with E-state index in [9.17, 15) is 14.0 Å². The molecule has 1 aliphatic rings. The van der Waals surface area contributed by atoms with Crippen LogP contribution in [0.25, 0.3) is 16.9 Å². The molecule has 5 rings (SSSR count). The van der Waals surface area contributed by atoms with Crippen LogP contribution in [-0.2, 0) is 0 Å². The van der Waals surface area contributed by atoms with Crippen molar-refractivity contribution in [2.45, 2.75) is 6.92 Å². The van der Waals surface area contributed by atoms with Gasteiger partial charge in [0.05, 0.1) is 18.4 Å². The van der Waals surface area contributed by atoms with Crippen LogP contribution in [0.1, 0.15) is 26.4 Å². The van der Waals surface area contributed by atoms with Crippen molar-refractivity contribution in [2.75, 3.05) is 33.3 Å². The zero-order valence-electron chi connectivity index (χ0n) is 21.2. The van der Waals surface area contributed by atoms with Crippen LogP contribution in [-0.4, -0.2) is 59.5 Å². The maximum atomic E-state index is 13.7. The molecule has 0 spiro atoms. The topological polar surface area (TPSA) is 54.8 Å². The molecular formula is C30H27ClFN3O3. The fourth-order valence-corrected chi connectivity index (χ4v) is 4.90. The Labute approximate surface area is 225 Å². The SMILES string of the molecule is COc1ccc(-n2c(-c3ccc(Cl)cc3)cc(C(=O)N3CCN(C(=O)c4ccc(F)cc4)CC3)c2C)cc1. The second-order valence-corrected chi connectivity index (χ2v) is 9.60. The number of hydrogen-bond donors (Lipinski definition) is 0. The Morgan fingerprint density at radius 1 is 0.816 bits per heavy atom. The smallest absolute Gasteiger partial charge is 0.255 e. The molecule has 1 fully saturated rings. The van der Waals surface area contributed by atoms with Crippen LogP contribution in [0.2, 0.25) is 5.02 Å². The number of rotatable bonds is 5. The van der Waals surface area contributed by atoms with E-state index in [1.54, 1.807) is 16.9 Å². The van der Waals surface area contributed by atoms with Gasteiger partial charge < -0.3 is 19.1 Å². The lowest BCUT2D eigenvalue weighted by atomic mass is 10.1. The molecule has 0 atom stereocenters. The molecule has 0 saturated carbocycles. The number of aromatic nitrogens is 1. The summed E-state index contributed by atoms with van der Waals surface area (Å²) in [5.41, 5.74) is 4.56. The number of amides is 2. The maximum absolute atomic E-state index is 13.7. The highest BCUT2D eigenvalue weighted by molar-refractivity contribution is 6.30. The molecule has 0 N–H and O–H groups in total. The fraction of sp³-hybridized carbons (Fsp3) is 0.200. The summed E-state index contributed by atoms with van der Waals surface area (Å²) in [7, 11) is 1.62. The van der Waals surface area contributed by atoms with Crippen LogP contribution in [0.5, 0.6) is 5.75 Å². The number of hydrogen-bond acceptors (Lipinski definition) is 3. The van der Waals surface area contributed by atoms with Gasteiger partial charge in [0.2, 0.25) is 0 Å². The summed E-state index contributed by atoms with van der Waals surface area (Å²) in [4.78, 5) is 30.0. The van der Waals surface area contributed by atoms with Gasteiger partial charge in [0, 0.05) is 48.1 Å². The molecule has 1 aromatic heterocycles. The number of halogens is 2. The normalized spacial score (nSPS) is 13.5. The number of benzene rings is 3. The molecule has 4 aromatic rings. The zero-order chi connectivity index (χ0) is 26.8. The minimum atomic E-state index is -0.383. The summed E-state index contributed by atoms with van der Waals surface area (Å²) in [5, 5.41) is 0.636. The molecule has 194 valence electrons. The van der Waals surface area contributed by atoms with Crippen LogP contribution < -0.4 is 4.74 Å². The lowest BCUT2D eigenvalue weighted by molar-refractivity contribution is 0.0535. The molecule has 8 heteroatoms. The molecule has 0 aliphatic carbocycles. The number of ether oxygens (including phenoxy) is 1. The van der Waals surface area contributed by atoms with E-state index in [2.05, 4.69) is 4.57 Å². The Morgan fingerprint density at radius 2 is 1.39 bits per heavy atom. The van der Waals surface area contributed by atoms with Crippen LogP contribution in [0, 0.1) is 12.7 Å². The molecule has 1 saturated heterocycles. The Bertz CT molecular complexity index is 1460. The molecule has 0 radical (unpaired) electrons. The first-order valence-corrected chi connectivity index (χ1v) is 12.7. The minimum absolute atomic E-state index is 0.0844. The van der Waals surface area contributed by atoms with Gasteiger partial charge in [-0.1, -0.05) is 23.7 Å². The van der Waals surface area contributed by atoms with E-state index in [0.29, 0.717) is 42.3 Å². The van der Waals surface area contributed by atoms with Gasteiger partial charge in [-0.05, 0) is 79.2 Å².